The van der Waals surface area contributed by atoms with Crippen molar-refractivity contribution in [2.45, 2.75) is 38.2 Å². The monoisotopic (exact) mass is 367 g/mol. The zero-order valence-electron chi connectivity index (χ0n) is 15.6. The molecule has 26 heavy (non-hydrogen) atoms. The molecule has 2 heterocycles. The molecule has 136 valence electrons. The van der Waals surface area contributed by atoms with E-state index in [1.165, 1.54) is 5.69 Å². The van der Waals surface area contributed by atoms with Gasteiger partial charge < -0.3 is 9.47 Å². The molecule has 5 nitrogen and oxygen atoms in total. The molecule has 0 aliphatic heterocycles. The SMILES string of the molecule is CCN(CC)c1ccc(-c2nnc(SCc3ccccn3)n2CC)cc1. The van der Waals surface area contributed by atoms with E-state index in [2.05, 4.69) is 69.7 Å². The number of anilines is 1. The highest BCUT2D eigenvalue weighted by atomic mass is 32.2. The summed E-state index contributed by atoms with van der Waals surface area (Å²) in [5, 5.41) is 9.78. The van der Waals surface area contributed by atoms with Crippen LogP contribution in [0.3, 0.4) is 0 Å². The van der Waals surface area contributed by atoms with Crippen molar-refractivity contribution in [3.8, 4) is 11.4 Å². The molecule has 3 aromatic rings. The average Bonchev–Trinajstić information content (AvgIpc) is 3.11. The first-order chi connectivity index (χ1) is 12.8. The molecule has 0 radical (unpaired) electrons. The van der Waals surface area contributed by atoms with Gasteiger partial charge in [-0.3, -0.25) is 4.98 Å². The largest absolute Gasteiger partial charge is 0.372 e. The molecule has 0 N–H and O–H groups in total. The molecule has 0 aliphatic rings. The van der Waals surface area contributed by atoms with Crippen LogP contribution in [0.5, 0.6) is 0 Å². The number of thioether (sulfide) groups is 1. The molecule has 2 aromatic heterocycles. The van der Waals surface area contributed by atoms with Gasteiger partial charge in [-0.05, 0) is 57.2 Å². The number of pyridine rings is 1. The maximum atomic E-state index is 4.44. The Morgan fingerprint density at radius 2 is 1.73 bits per heavy atom. The van der Waals surface area contributed by atoms with E-state index < -0.39 is 0 Å². The molecule has 1 aromatic carbocycles. The second kappa shape index (κ2) is 8.85. The molecule has 0 amide bonds. The number of hydrogen-bond acceptors (Lipinski definition) is 5. The van der Waals surface area contributed by atoms with Gasteiger partial charge in [0.05, 0.1) is 5.69 Å². The Hall–Kier alpha value is -2.34. The molecule has 0 bridgehead atoms. The topological polar surface area (TPSA) is 46.8 Å². The lowest BCUT2D eigenvalue weighted by Crippen LogP contribution is -2.21. The van der Waals surface area contributed by atoms with Crippen LogP contribution in [-0.2, 0) is 12.3 Å². The summed E-state index contributed by atoms with van der Waals surface area (Å²) in [6, 6.07) is 14.6. The Morgan fingerprint density at radius 3 is 2.35 bits per heavy atom. The quantitative estimate of drug-likeness (QED) is 0.549. The molecule has 3 rings (SSSR count). The van der Waals surface area contributed by atoms with E-state index in [0.29, 0.717) is 0 Å². The summed E-state index contributed by atoms with van der Waals surface area (Å²) in [5.74, 6) is 1.71. The highest BCUT2D eigenvalue weighted by molar-refractivity contribution is 7.98. The van der Waals surface area contributed by atoms with Crippen LogP contribution in [0.25, 0.3) is 11.4 Å². The van der Waals surface area contributed by atoms with Crippen LogP contribution >= 0.6 is 11.8 Å². The third-order valence-corrected chi connectivity index (χ3v) is 5.36. The van der Waals surface area contributed by atoms with Crippen LogP contribution in [0, 0.1) is 0 Å². The lowest BCUT2D eigenvalue weighted by Gasteiger charge is -2.21. The van der Waals surface area contributed by atoms with E-state index in [4.69, 9.17) is 0 Å². The highest BCUT2D eigenvalue weighted by Crippen LogP contribution is 2.27. The number of hydrogen-bond donors (Lipinski definition) is 0. The second-order valence-corrected chi connectivity index (χ2v) is 6.82. The molecule has 6 heteroatoms. The first kappa shape index (κ1) is 18.5. The van der Waals surface area contributed by atoms with Crippen molar-refractivity contribution in [1.82, 2.24) is 19.7 Å². The summed E-state index contributed by atoms with van der Waals surface area (Å²) in [7, 11) is 0. The Morgan fingerprint density at radius 1 is 0.962 bits per heavy atom. The van der Waals surface area contributed by atoms with Crippen LogP contribution in [-0.4, -0.2) is 32.8 Å². The van der Waals surface area contributed by atoms with Gasteiger partial charge in [0.15, 0.2) is 11.0 Å². The average molecular weight is 368 g/mol. The van der Waals surface area contributed by atoms with Gasteiger partial charge in [0.1, 0.15) is 0 Å². The van der Waals surface area contributed by atoms with Crippen molar-refractivity contribution in [3.63, 3.8) is 0 Å². The molecular formula is C20H25N5S. The second-order valence-electron chi connectivity index (χ2n) is 5.88. The Kier molecular flexibility index (Phi) is 6.28. The lowest BCUT2D eigenvalue weighted by atomic mass is 10.2. The van der Waals surface area contributed by atoms with Crippen LogP contribution in [0.1, 0.15) is 26.5 Å². The molecule has 0 fully saturated rings. The smallest absolute Gasteiger partial charge is 0.191 e. The van der Waals surface area contributed by atoms with Crippen molar-refractivity contribution >= 4 is 17.4 Å². The van der Waals surface area contributed by atoms with Gasteiger partial charge in [-0.25, -0.2) is 0 Å². The van der Waals surface area contributed by atoms with E-state index in [1.54, 1.807) is 11.8 Å². The Bertz CT molecular complexity index is 810. The fourth-order valence-corrected chi connectivity index (χ4v) is 3.84. The first-order valence-electron chi connectivity index (χ1n) is 9.08. The van der Waals surface area contributed by atoms with Crippen LogP contribution in [0.2, 0.25) is 0 Å². The van der Waals surface area contributed by atoms with Gasteiger partial charge in [-0.2, -0.15) is 0 Å². The molecule has 0 saturated carbocycles. The maximum Gasteiger partial charge on any atom is 0.191 e. The van der Waals surface area contributed by atoms with Gasteiger partial charge in [-0.15, -0.1) is 10.2 Å². The van der Waals surface area contributed by atoms with Gasteiger partial charge in [0.2, 0.25) is 0 Å². The molecule has 0 spiro atoms. The summed E-state index contributed by atoms with van der Waals surface area (Å²) in [5.41, 5.74) is 3.39. The van der Waals surface area contributed by atoms with Crippen molar-refractivity contribution < 1.29 is 0 Å². The third kappa shape index (κ3) is 4.07. The van der Waals surface area contributed by atoms with Crippen LogP contribution < -0.4 is 4.90 Å². The van der Waals surface area contributed by atoms with Crippen LogP contribution in [0.15, 0.2) is 53.8 Å². The number of aromatic nitrogens is 4. The van der Waals surface area contributed by atoms with Crippen LogP contribution in [0.4, 0.5) is 5.69 Å². The summed E-state index contributed by atoms with van der Waals surface area (Å²) in [6.45, 7) is 9.34. The van der Waals surface area contributed by atoms with E-state index >= 15 is 0 Å². The fraction of sp³-hybridized carbons (Fsp3) is 0.350. The first-order valence-corrected chi connectivity index (χ1v) is 10.1. The maximum absolute atomic E-state index is 4.44. The molecule has 0 aliphatic carbocycles. The van der Waals surface area contributed by atoms with E-state index in [1.807, 2.05) is 24.4 Å². The van der Waals surface area contributed by atoms with E-state index in [9.17, 15) is 0 Å². The van der Waals surface area contributed by atoms with Gasteiger partial charge in [0.25, 0.3) is 0 Å². The third-order valence-electron chi connectivity index (χ3n) is 4.36. The zero-order valence-corrected chi connectivity index (χ0v) is 16.4. The zero-order chi connectivity index (χ0) is 18.4. The van der Waals surface area contributed by atoms with Crippen molar-refractivity contribution in [3.05, 3.63) is 54.4 Å². The predicted molar refractivity (Wildman–Crippen MR) is 108 cm³/mol. The Labute approximate surface area is 159 Å². The molecule has 0 atom stereocenters. The minimum atomic E-state index is 0.792. The summed E-state index contributed by atoms with van der Waals surface area (Å²) in [6.07, 6.45) is 1.82. The molecular weight excluding hydrogens is 342 g/mol. The standard InChI is InChI=1S/C20H25N5S/c1-4-24(5-2)18-12-10-16(11-13-18)19-22-23-20(25(19)6-3)26-15-17-9-7-8-14-21-17/h7-14H,4-6,15H2,1-3H3. The number of rotatable bonds is 8. The number of benzene rings is 1. The minimum Gasteiger partial charge on any atom is -0.372 e. The van der Waals surface area contributed by atoms with Crippen molar-refractivity contribution in [1.29, 1.82) is 0 Å². The summed E-state index contributed by atoms with van der Waals surface area (Å²) >= 11 is 1.67. The predicted octanol–water partition coefficient (Wildman–Crippen LogP) is 4.50. The Balaban J connectivity index is 1.79. The van der Waals surface area contributed by atoms with E-state index in [0.717, 1.165) is 47.6 Å². The lowest BCUT2D eigenvalue weighted by molar-refractivity contribution is 0.687. The van der Waals surface area contributed by atoms with Gasteiger partial charge in [-0.1, -0.05) is 17.8 Å². The summed E-state index contributed by atoms with van der Waals surface area (Å²) < 4.78 is 2.17. The van der Waals surface area contributed by atoms with Gasteiger partial charge >= 0.3 is 0 Å². The van der Waals surface area contributed by atoms with E-state index in [-0.39, 0.29) is 0 Å². The molecule has 0 saturated heterocycles. The fourth-order valence-electron chi connectivity index (χ4n) is 2.93. The highest BCUT2D eigenvalue weighted by Gasteiger charge is 2.14. The summed E-state index contributed by atoms with van der Waals surface area (Å²) in [4.78, 5) is 6.71. The minimum absolute atomic E-state index is 0.792. The van der Waals surface area contributed by atoms with Crippen molar-refractivity contribution in [2.24, 2.45) is 0 Å². The normalized spacial score (nSPS) is 10.9. The number of nitrogens with zero attached hydrogens (tertiary/aromatic N) is 5. The van der Waals surface area contributed by atoms with Crippen molar-refractivity contribution in [2.75, 3.05) is 18.0 Å². The molecule has 0 unspecified atom stereocenters. The van der Waals surface area contributed by atoms with Gasteiger partial charge in [0, 0.05) is 42.8 Å².